The number of fused-ring (bicyclic) bond motifs is 3. The molecule has 10 heteroatoms. The van der Waals surface area contributed by atoms with Crippen LogP contribution in [0.1, 0.15) is 50.3 Å². The molecular weight excluding hydrogens is 439 g/mol. The number of rotatable bonds is 5. The monoisotopic (exact) mass is 466 g/mol. The first-order valence-corrected chi connectivity index (χ1v) is 12.0. The van der Waals surface area contributed by atoms with Crippen LogP contribution in [0.3, 0.4) is 0 Å². The van der Waals surface area contributed by atoms with Crippen LogP contribution in [-0.4, -0.2) is 59.8 Å². The van der Waals surface area contributed by atoms with E-state index < -0.39 is 5.82 Å². The van der Waals surface area contributed by atoms with Crippen molar-refractivity contribution in [3.8, 4) is 11.5 Å². The molecule has 1 saturated heterocycles. The summed E-state index contributed by atoms with van der Waals surface area (Å²) in [6, 6.07) is 4.42. The average Bonchev–Trinajstić information content (AvgIpc) is 3.59. The molecule has 1 aromatic carbocycles. The molecule has 34 heavy (non-hydrogen) atoms. The van der Waals surface area contributed by atoms with Gasteiger partial charge in [0.2, 0.25) is 11.7 Å². The summed E-state index contributed by atoms with van der Waals surface area (Å²) in [6.07, 6.45) is 7.27. The van der Waals surface area contributed by atoms with Gasteiger partial charge in [0.25, 0.3) is 5.56 Å². The lowest BCUT2D eigenvalue weighted by atomic mass is 10.1. The quantitative estimate of drug-likeness (QED) is 0.483. The molecular formula is C24H27FN6O3. The van der Waals surface area contributed by atoms with Gasteiger partial charge in [0, 0.05) is 25.6 Å². The average molecular weight is 467 g/mol. The molecule has 2 fully saturated rings. The summed E-state index contributed by atoms with van der Waals surface area (Å²) in [5.41, 5.74) is 1.60. The fourth-order valence-corrected chi connectivity index (χ4v) is 5.42. The fourth-order valence-electron chi connectivity index (χ4n) is 5.42. The number of aliphatic hydroxyl groups excluding tert-OH is 1. The summed E-state index contributed by atoms with van der Waals surface area (Å²) in [5.74, 6) is 0.748. The summed E-state index contributed by atoms with van der Waals surface area (Å²) >= 11 is 0. The highest BCUT2D eigenvalue weighted by molar-refractivity contribution is 5.83. The molecule has 1 saturated carbocycles. The van der Waals surface area contributed by atoms with Crippen molar-refractivity contribution in [2.24, 2.45) is 0 Å². The van der Waals surface area contributed by atoms with Gasteiger partial charge in [0.1, 0.15) is 23.4 Å². The van der Waals surface area contributed by atoms with Crippen molar-refractivity contribution in [1.29, 1.82) is 0 Å². The Kier molecular flexibility index (Phi) is 5.41. The van der Waals surface area contributed by atoms with E-state index in [1.807, 2.05) is 0 Å². The highest BCUT2D eigenvalue weighted by atomic mass is 19.1. The second-order valence-electron chi connectivity index (χ2n) is 9.44. The molecule has 3 aromatic heterocycles. The van der Waals surface area contributed by atoms with E-state index in [2.05, 4.69) is 20.0 Å². The van der Waals surface area contributed by atoms with Gasteiger partial charge in [-0.3, -0.25) is 14.1 Å². The number of halogens is 1. The molecule has 9 nitrogen and oxygen atoms in total. The molecule has 0 amide bonds. The molecule has 1 N–H and O–H groups in total. The van der Waals surface area contributed by atoms with Crippen LogP contribution in [0, 0.1) is 5.82 Å². The molecule has 0 bridgehead atoms. The van der Waals surface area contributed by atoms with Crippen LogP contribution in [0.15, 0.2) is 33.8 Å². The van der Waals surface area contributed by atoms with Crippen molar-refractivity contribution < 1.29 is 14.0 Å². The van der Waals surface area contributed by atoms with Crippen LogP contribution < -0.4 is 5.56 Å². The number of benzene rings is 1. The van der Waals surface area contributed by atoms with Crippen LogP contribution in [0.25, 0.3) is 28.1 Å². The van der Waals surface area contributed by atoms with Gasteiger partial charge in [-0.05, 0) is 50.4 Å². The van der Waals surface area contributed by atoms with Crippen LogP contribution in [0.4, 0.5) is 4.39 Å². The molecule has 1 atom stereocenters. The van der Waals surface area contributed by atoms with Gasteiger partial charge in [0.05, 0.1) is 17.1 Å². The third kappa shape index (κ3) is 3.70. The Balaban J connectivity index is 1.44. The Hall–Kier alpha value is -3.11. The maximum atomic E-state index is 14.2. The summed E-state index contributed by atoms with van der Waals surface area (Å²) in [4.78, 5) is 24.9. The van der Waals surface area contributed by atoms with E-state index in [9.17, 15) is 14.3 Å². The first-order chi connectivity index (χ1) is 16.6. The van der Waals surface area contributed by atoms with E-state index in [0.29, 0.717) is 53.6 Å². The normalized spacial score (nSPS) is 20.1. The number of piperidine rings is 1. The zero-order chi connectivity index (χ0) is 23.2. The van der Waals surface area contributed by atoms with Gasteiger partial charge < -0.3 is 14.2 Å². The lowest BCUT2D eigenvalue weighted by molar-refractivity contribution is 0.0690. The summed E-state index contributed by atoms with van der Waals surface area (Å²) in [6.45, 7) is 2.39. The van der Waals surface area contributed by atoms with E-state index in [1.165, 1.54) is 12.1 Å². The molecule has 178 valence electrons. The maximum absolute atomic E-state index is 14.2. The standard InChI is InChI=1S/C24H27FN6O3/c25-16-7-8-18-19(12-16)30(11-10-29-9-3-6-17(32)13-29)24(33)21-20(26-14-31(18)21)22-27-23(34-28-22)15-4-1-2-5-15/h7-8,12,14-15,17,32H,1-6,9-11,13H2. The van der Waals surface area contributed by atoms with E-state index >= 15 is 0 Å². The smallest absolute Gasteiger partial charge is 0.277 e. The van der Waals surface area contributed by atoms with Gasteiger partial charge >= 0.3 is 0 Å². The first-order valence-electron chi connectivity index (χ1n) is 12.0. The fraction of sp³-hybridized carbons (Fsp3) is 0.500. The Labute approximate surface area is 194 Å². The molecule has 2 aliphatic rings. The summed E-state index contributed by atoms with van der Waals surface area (Å²) in [5, 5.41) is 14.1. The second-order valence-corrected chi connectivity index (χ2v) is 9.44. The molecule has 1 aliphatic heterocycles. The van der Waals surface area contributed by atoms with Crippen LogP contribution in [0.2, 0.25) is 0 Å². The van der Waals surface area contributed by atoms with Crippen molar-refractivity contribution in [3.63, 3.8) is 0 Å². The Morgan fingerprint density at radius 1 is 1.12 bits per heavy atom. The Morgan fingerprint density at radius 2 is 1.97 bits per heavy atom. The van der Waals surface area contributed by atoms with Gasteiger partial charge in [-0.25, -0.2) is 9.37 Å². The summed E-state index contributed by atoms with van der Waals surface area (Å²) < 4.78 is 23.0. The number of imidazole rings is 1. The highest BCUT2D eigenvalue weighted by Crippen LogP contribution is 2.34. The second kappa shape index (κ2) is 8.59. The van der Waals surface area contributed by atoms with Crippen LogP contribution >= 0.6 is 0 Å². The topological polar surface area (TPSA) is 102 Å². The largest absolute Gasteiger partial charge is 0.392 e. The van der Waals surface area contributed by atoms with Gasteiger partial charge in [-0.2, -0.15) is 4.98 Å². The molecule has 1 aliphatic carbocycles. The minimum atomic E-state index is -0.409. The SMILES string of the molecule is O=c1c2c(-c3noc(C4CCCC4)n3)ncn2c2ccc(F)cc2n1CCN1CCCC(O)C1. The predicted molar refractivity (Wildman–Crippen MR) is 123 cm³/mol. The molecule has 4 heterocycles. The zero-order valence-corrected chi connectivity index (χ0v) is 18.9. The van der Waals surface area contributed by atoms with Crippen LogP contribution in [0.5, 0.6) is 0 Å². The van der Waals surface area contributed by atoms with Gasteiger partial charge in [-0.15, -0.1) is 0 Å². The van der Waals surface area contributed by atoms with Crippen LogP contribution in [-0.2, 0) is 6.54 Å². The molecule has 4 aromatic rings. The number of likely N-dealkylation sites (tertiary alicyclic amines) is 1. The zero-order valence-electron chi connectivity index (χ0n) is 18.9. The van der Waals surface area contributed by atoms with E-state index in [1.54, 1.807) is 21.4 Å². The molecule has 6 rings (SSSR count). The minimum absolute atomic E-state index is 0.260. The number of hydrogen-bond donors (Lipinski definition) is 1. The van der Waals surface area contributed by atoms with E-state index in [0.717, 1.165) is 45.1 Å². The highest BCUT2D eigenvalue weighted by Gasteiger charge is 2.26. The van der Waals surface area contributed by atoms with Crippen molar-refractivity contribution in [2.75, 3.05) is 19.6 Å². The number of β-amino-alcohol motifs (C(OH)–C–C–N with tert-alkyl or cyclic N) is 1. The van der Waals surface area contributed by atoms with Gasteiger partial charge in [-0.1, -0.05) is 18.0 Å². The van der Waals surface area contributed by atoms with Crippen molar-refractivity contribution in [1.82, 2.24) is 29.0 Å². The third-order valence-electron chi connectivity index (χ3n) is 7.18. The van der Waals surface area contributed by atoms with Crippen molar-refractivity contribution in [2.45, 2.75) is 57.1 Å². The number of aliphatic hydroxyl groups is 1. The maximum Gasteiger partial charge on any atom is 0.277 e. The lowest BCUT2D eigenvalue weighted by Crippen LogP contribution is -2.40. The first kappa shape index (κ1) is 21.4. The number of aromatic nitrogens is 5. The molecule has 0 spiro atoms. The Morgan fingerprint density at radius 3 is 2.79 bits per heavy atom. The Bertz CT molecular complexity index is 1400. The van der Waals surface area contributed by atoms with Crippen molar-refractivity contribution in [3.05, 3.63) is 46.6 Å². The van der Waals surface area contributed by atoms with Crippen molar-refractivity contribution >= 4 is 16.6 Å². The predicted octanol–water partition coefficient (Wildman–Crippen LogP) is 2.95. The van der Waals surface area contributed by atoms with E-state index in [4.69, 9.17) is 4.52 Å². The summed E-state index contributed by atoms with van der Waals surface area (Å²) in [7, 11) is 0. The van der Waals surface area contributed by atoms with Gasteiger partial charge in [0.15, 0.2) is 0 Å². The van der Waals surface area contributed by atoms with E-state index in [-0.39, 0.29) is 17.6 Å². The number of nitrogens with zero attached hydrogens (tertiary/aromatic N) is 6. The third-order valence-corrected chi connectivity index (χ3v) is 7.18. The lowest BCUT2D eigenvalue weighted by Gasteiger charge is -2.30. The number of hydrogen-bond acceptors (Lipinski definition) is 7. The molecule has 0 radical (unpaired) electrons. The molecule has 1 unspecified atom stereocenters. The minimum Gasteiger partial charge on any atom is -0.392 e.